The Hall–Kier alpha value is -0.880. The Morgan fingerprint density at radius 1 is 1.50 bits per heavy atom. The number of halogens is 1. The minimum Gasteiger partial charge on any atom is -0.388 e. The molecule has 20 heavy (non-hydrogen) atoms. The zero-order chi connectivity index (χ0) is 14.9. The highest BCUT2D eigenvalue weighted by Gasteiger charge is 2.34. The Labute approximate surface area is 127 Å². The average molecular weight is 344 g/mol. The summed E-state index contributed by atoms with van der Waals surface area (Å²) in [7, 11) is 1.72. The van der Waals surface area contributed by atoms with E-state index in [-0.39, 0.29) is 11.8 Å². The monoisotopic (exact) mass is 343 g/mol. The molecular weight excluding hydrogens is 322 g/mol. The van der Waals surface area contributed by atoms with Crippen molar-refractivity contribution in [3.05, 3.63) is 15.9 Å². The fourth-order valence-electron chi connectivity index (χ4n) is 2.75. The Morgan fingerprint density at radius 3 is 2.60 bits per heavy atom. The summed E-state index contributed by atoms with van der Waals surface area (Å²) in [5.74, 6) is 0.100. The zero-order valence-electron chi connectivity index (χ0n) is 12.2. The van der Waals surface area contributed by atoms with Crippen LogP contribution in [0.15, 0.2) is 4.47 Å². The third kappa shape index (κ3) is 3.06. The van der Waals surface area contributed by atoms with Gasteiger partial charge in [0.1, 0.15) is 0 Å². The largest absolute Gasteiger partial charge is 0.388 e. The molecule has 1 fully saturated rings. The van der Waals surface area contributed by atoms with Crippen molar-refractivity contribution in [3.8, 4) is 0 Å². The molecule has 0 aliphatic heterocycles. The highest BCUT2D eigenvalue weighted by atomic mass is 79.9. The average Bonchev–Trinajstić information content (AvgIpc) is 2.95. The van der Waals surface area contributed by atoms with Gasteiger partial charge in [-0.25, -0.2) is 0 Å². The van der Waals surface area contributed by atoms with E-state index in [1.165, 1.54) is 0 Å². The summed E-state index contributed by atoms with van der Waals surface area (Å²) in [6.07, 6.45) is 3.59. The predicted octanol–water partition coefficient (Wildman–Crippen LogP) is 2.67. The maximum absolute atomic E-state index is 12.4. The van der Waals surface area contributed by atoms with Gasteiger partial charge in [-0.05, 0) is 34.7 Å². The predicted molar refractivity (Wildman–Crippen MR) is 80.8 cm³/mol. The third-order valence-corrected chi connectivity index (χ3v) is 4.73. The third-order valence-electron chi connectivity index (χ3n) is 3.92. The number of nitrogens with one attached hydrogen (secondary N) is 1. The first-order valence-corrected chi connectivity index (χ1v) is 7.85. The molecule has 1 aliphatic rings. The van der Waals surface area contributed by atoms with E-state index in [1.807, 2.05) is 13.8 Å². The number of aromatic amines is 1. The summed E-state index contributed by atoms with van der Waals surface area (Å²) >= 11 is 3.44. The van der Waals surface area contributed by atoms with Crippen molar-refractivity contribution in [1.82, 2.24) is 15.1 Å². The first kappa shape index (κ1) is 15.5. The van der Waals surface area contributed by atoms with Crippen LogP contribution in [0.25, 0.3) is 0 Å². The standard InChI is InChI=1S/C14H22BrN3O2/c1-9(2)11-10(15)12(17-16-11)13(19)18(3)8-14(20)6-4-5-7-14/h9,20H,4-8H2,1-3H3,(H,16,17). The molecule has 1 heterocycles. The quantitative estimate of drug-likeness (QED) is 0.882. The van der Waals surface area contributed by atoms with Gasteiger partial charge in [0.05, 0.1) is 15.8 Å². The summed E-state index contributed by atoms with van der Waals surface area (Å²) in [4.78, 5) is 14.0. The first-order valence-electron chi connectivity index (χ1n) is 7.06. The highest BCUT2D eigenvalue weighted by molar-refractivity contribution is 9.10. The lowest BCUT2D eigenvalue weighted by Gasteiger charge is -2.28. The highest BCUT2D eigenvalue weighted by Crippen LogP contribution is 2.31. The molecular formula is C14H22BrN3O2. The van der Waals surface area contributed by atoms with Crippen LogP contribution in [0.5, 0.6) is 0 Å². The topological polar surface area (TPSA) is 69.2 Å². The molecule has 0 aromatic carbocycles. The van der Waals surface area contributed by atoms with Gasteiger partial charge in [0.2, 0.25) is 0 Å². The van der Waals surface area contributed by atoms with Gasteiger partial charge in [-0.3, -0.25) is 9.89 Å². The van der Waals surface area contributed by atoms with Crippen LogP contribution in [0.2, 0.25) is 0 Å². The van der Waals surface area contributed by atoms with Crippen molar-refractivity contribution in [3.63, 3.8) is 0 Å². The fraction of sp³-hybridized carbons (Fsp3) is 0.714. The Balaban J connectivity index is 2.10. The van der Waals surface area contributed by atoms with Crippen molar-refractivity contribution < 1.29 is 9.90 Å². The summed E-state index contributed by atoms with van der Waals surface area (Å²) in [6, 6.07) is 0. The molecule has 112 valence electrons. The van der Waals surface area contributed by atoms with Crippen LogP contribution < -0.4 is 0 Å². The molecule has 2 N–H and O–H groups in total. The number of nitrogens with zero attached hydrogens (tertiary/aromatic N) is 2. The van der Waals surface area contributed by atoms with Gasteiger partial charge < -0.3 is 10.0 Å². The van der Waals surface area contributed by atoms with E-state index in [4.69, 9.17) is 0 Å². The summed E-state index contributed by atoms with van der Waals surface area (Å²) < 4.78 is 0.725. The van der Waals surface area contributed by atoms with E-state index in [1.54, 1.807) is 11.9 Å². The Kier molecular flexibility index (Phi) is 4.54. The van der Waals surface area contributed by atoms with Crippen LogP contribution >= 0.6 is 15.9 Å². The molecule has 1 aromatic heterocycles. The number of amides is 1. The molecule has 0 saturated heterocycles. The summed E-state index contributed by atoms with van der Waals surface area (Å²) in [5, 5.41) is 17.4. The van der Waals surface area contributed by atoms with Crippen LogP contribution in [0.3, 0.4) is 0 Å². The minimum atomic E-state index is -0.728. The van der Waals surface area contributed by atoms with Crippen LogP contribution in [0, 0.1) is 0 Å². The zero-order valence-corrected chi connectivity index (χ0v) is 13.8. The molecule has 1 amide bonds. The van der Waals surface area contributed by atoms with E-state index in [0.29, 0.717) is 12.2 Å². The van der Waals surface area contributed by atoms with Crippen molar-refractivity contribution in [2.75, 3.05) is 13.6 Å². The van der Waals surface area contributed by atoms with Crippen molar-refractivity contribution in [2.24, 2.45) is 0 Å². The number of aliphatic hydroxyl groups is 1. The Bertz CT molecular complexity index is 493. The lowest BCUT2D eigenvalue weighted by molar-refractivity contribution is 0.0154. The normalized spacial score (nSPS) is 17.7. The molecule has 0 radical (unpaired) electrons. The number of hydrogen-bond acceptors (Lipinski definition) is 3. The van der Waals surface area contributed by atoms with E-state index >= 15 is 0 Å². The molecule has 1 aromatic rings. The van der Waals surface area contributed by atoms with Gasteiger partial charge in [0.15, 0.2) is 5.69 Å². The molecule has 2 rings (SSSR count). The van der Waals surface area contributed by atoms with E-state index in [9.17, 15) is 9.90 Å². The lowest BCUT2D eigenvalue weighted by atomic mass is 10.0. The number of carbonyl (C=O) groups is 1. The van der Waals surface area contributed by atoms with Gasteiger partial charge in [-0.15, -0.1) is 0 Å². The number of carbonyl (C=O) groups excluding carboxylic acids is 1. The number of hydrogen-bond donors (Lipinski definition) is 2. The Morgan fingerprint density at radius 2 is 2.10 bits per heavy atom. The van der Waals surface area contributed by atoms with Gasteiger partial charge in [0.25, 0.3) is 5.91 Å². The maximum Gasteiger partial charge on any atom is 0.275 e. The van der Waals surface area contributed by atoms with Crippen molar-refractivity contribution >= 4 is 21.8 Å². The van der Waals surface area contributed by atoms with Gasteiger partial charge >= 0.3 is 0 Å². The molecule has 5 nitrogen and oxygen atoms in total. The fourth-order valence-corrected chi connectivity index (χ4v) is 3.56. The van der Waals surface area contributed by atoms with Gasteiger partial charge in [-0.2, -0.15) is 5.10 Å². The van der Waals surface area contributed by atoms with Gasteiger partial charge in [0, 0.05) is 13.6 Å². The smallest absolute Gasteiger partial charge is 0.275 e. The molecule has 0 unspecified atom stereocenters. The molecule has 0 atom stereocenters. The summed E-state index contributed by atoms with van der Waals surface area (Å²) in [6.45, 7) is 4.44. The molecule has 6 heteroatoms. The minimum absolute atomic E-state index is 0.166. The second kappa shape index (κ2) is 5.85. The van der Waals surface area contributed by atoms with E-state index in [2.05, 4.69) is 26.1 Å². The number of rotatable bonds is 4. The van der Waals surface area contributed by atoms with E-state index in [0.717, 1.165) is 35.8 Å². The van der Waals surface area contributed by atoms with Crippen LogP contribution in [-0.2, 0) is 0 Å². The SMILES string of the molecule is CC(C)c1[nH]nc(C(=O)N(C)CC2(O)CCCC2)c1Br. The van der Waals surface area contributed by atoms with Crippen molar-refractivity contribution in [1.29, 1.82) is 0 Å². The van der Waals surface area contributed by atoms with Crippen LogP contribution in [0.4, 0.5) is 0 Å². The molecule has 0 bridgehead atoms. The molecule has 1 saturated carbocycles. The summed E-state index contributed by atoms with van der Waals surface area (Å²) in [5.41, 5.74) is 0.577. The van der Waals surface area contributed by atoms with Crippen LogP contribution in [-0.4, -0.2) is 45.3 Å². The van der Waals surface area contributed by atoms with Gasteiger partial charge in [-0.1, -0.05) is 26.7 Å². The van der Waals surface area contributed by atoms with Crippen molar-refractivity contribution in [2.45, 2.75) is 51.0 Å². The number of likely N-dealkylation sites (N-methyl/N-ethyl adjacent to an activating group) is 1. The second-order valence-electron chi connectivity index (χ2n) is 6.05. The maximum atomic E-state index is 12.4. The first-order chi connectivity index (χ1) is 9.34. The number of aromatic nitrogens is 2. The lowest BCUT2D eigenvalue weighted by Crippen LogP contribution is -2.42. The molecule has 0 spiro atoms. The second-order valence-corrected chi connectivity index (χ2v) is 6.84. The van der Waals surface area contributed by atoms with E-state index < -0.39 is 5.60 Å². The van der Waals surface area contributed by atoms with Crippen LogP contribution in [0.1, 0.15) is 61.6 Å². The molecule has 1 aliphatic carbocycles. The number of H-pyrrole nitrogens is 1.